The van der Waals surface area contributed by atoms with Crippen molar-refractivity contribution < 1.29 is 19.3 Å². The SMILES string of the molecule is CC(C)(C)OC(=O)Nc1cccc(C(=O)N2CCN(c3cc[nH+]cc3)CC2)c1. The summed E-state index contributed by atoms with van der Waals surface area (Å²) in [6, 6.07) is 11.0. The van der Waals surface area contributed by atoms with Gasteiger partial charge in [0.15, 0.2) is 12.4 Å². The van der Waals surface area contributed by atoms with E-state index in [-0.39, 0.29) is 5.91 Å². The Labute approximate surface area is 165 Å². The van der Waals surface area contributed by atoms with Crippen LogP contribution in [-0.2, 0) is 4.74 Å². The first-order chi connectivity index (χ1) is 13.3. The van der Waals surface area contributed by atoms with Crippen molar-refractivity contribution in [2.24, 2.45) is 0 Å². The Morgan fingerprint density at radius 1 is 1.04 bits per heavy atom. The monoisotopic (exact) mass is 383 g/mol. The number of hydrogen-bond donors (Lipinski definition) is 1. The lowest BCUT2D eigenvalue weighted by Gasteiger charge is -2.35. The normalized spacial score (nSPS) is 14.5. The highest BCUT2D eigenvalue weighted by Gasteiger charge is 2.23. The van der Waals surface area contributed by atoms with Crippen molar-refractivity contribution >= 4 is 23.4 Å². The molecule has 1 aromatic heterocycles. The number of carbonyl (C=O) groups is 2. The molecule has 0 radical (unpaired) electrons. The number of carbonyl (C=O) groups excluding carboxylic acids is 2. The summed E-state index contributed by atoms with van der Waals surface area (Å²) in [6.45, 7) is 8.29. The number of rotatable bonds is 3. The van der Waals surface area contributed by atoms with Crippen LogP contribution in [-0.4, -0.2) is 48.7 Å². The molecule has 148 valence electrons. The van der Waals surface area contributed by atoms with E-state index in [2.05, 4.69) is 15.2 Å². The zero-order chi connectivity index (χ0) is 20.1. The van der Waals surface area contributed by atoms with Gasteiger partial charge in [-0.1, -0.05) is 6.07 Å². The van der Waals surface area contributed by atoms with Crippen molar-refractivity contribution in [3.8, 4) is 0 Å². The Morgan fingerprint density at radius 3 is 2.36 bits per heavy atom. The molecule has 7 nitrogen and oxygen atoms in total. The van der Waals surface area contributed by atoms with E-state index in [1.165, 1.54) is 0 Å². The molecule has 0 bridgehead atoms. The Bertz CT molecular complexity index is 825. The third kappa shape index (κ3) is 5.22. The van der Waals surface area contributed by atoms with Gasteiger partial charge in [0.25, 0.3) is 5.91 Å². The standard InChI is InChI=1S/C21H26N4O3/c1-21(2,3)28-20(27)23-17-6-4-5-16(15-17)19(26)25-13-11-24(12-14-25)18-7-9-22-10-8-18/h4-10,15H,11-14H2,1-3H3,(H,23,27)/p+1. The van der Waals surface area contributed by atoms with Crippen molar-refractivity contribution in [2.75, 3.05) is 36.4 Å². The average Bonchev–Trinajstić information content (AvgIpc) is 2.67. The Kier molecular flexibility index (Phi) is 5.82. The van der Waals surface area contributed by atoms with E-state index < -0.39 is 11.7 Å². The predicted molar refractivity (Wildman–Crippen MR) is 107 cm³/mol. The van der Waals surface area contributed by atoms with Crippen LogP contribution in [0.3, 0.4) is 0 Å². The minimum atomic E-state index is -0.575. The van der Waals surface area contributed by atoms with Crippen LogP contribution in [0.5, 0.6) is 0 Å². The summed E-state index contributed by atoms with van der Waals surface area (Å²) in [6.07, 6.45) is 3.26. The lowest BCUT2D eigenvalue weighted by atomic mass is 10.1. The van der Waals surface area contributed by atoms with Crippen LogP contribution in [0.2, 0.25) is 0 Å². The van der Waals surface area contributed by atoms with Crippen molar-refractivity contribution in [1.82, 2.24) is 4.90 Å². The van der Waals surface area contributed by atoms with Gasteiger partial charge < -0.3 is 14.5 Å². The van der Waals surface area contributed by atoms with Crippen LogP contribution in [0, 0.1) is 0 Å². The average molecular weight is 383 g/mol. The van der Waals surface area contributed by atoms with Crippen molar-refractivity contribution in [3.05, 3.63) is 54.4 Å². The minimum absolute atomic E-state index is 0.0334. The fraction of sp³-hybridized carbons (Fsp3) is 0.381. The van der Waals surface area contributed by atoms with Gasteiger partial charge in [0.05, 0.1) is 0 Å². The van der Waals surface area contributed by atoms with Gasteiger partial charge >= 0.3 is 6.09 Å². The predicted octanol–water partition coefficient (Wildman–Crippen LogP) is 2.81. The number of benzene rings is 1. The summed E-state index contributed by atoms with van der Waals surface area (Å²) in [5, 5.41) is 2.68. The van der Waals surface area contributed by atoms with Crippen LogP contribution in [0.25, 0.3) is 0 Å². The van der Waals surface area contributed by atoms with E-state index in [4.69, 9.17) is 4.74 Å². The van der Waals surface area contributed by atoms with E-state index >= 15 is 0 Å². The number of piperazine rings is 1. The van der Waals surface area contributed by atoms with Crippen LogP contribution in [0.1, 0.15) is 31.1 Å². The van der Waals surface area contributed by atoms with E-state index in [0.29, 0.717) is 24.3 Å². The molecule has 2 aromatic rings. The molecule has 1 aliphatic rings. The fourth-order valence-electron chi connectivity index (χ4n) is 3.09. The number of ether oxygens (including phenoxy) is 1. The van der Waals surface area contributed by atoms with Gasteiger partial charge in [-0.2, -0.15) is 0 Å². The van der Waals surface area contributed by atoms with Crippen molar-refractivity contribution in [1.29, 1.82) is 0 Å². The second-order valence-electron chi connectivity index (χ2n) is 7.75. The van der Waals surface area contributed by atoms with E-state index in [1.54, 1.807) is 45.0 Å². The van der Waals surface area contributed by atoms with E-state index in [0.717, 1.165) is 18.8 Å². The maximum absolute atomic E-state index is 12.9. The summed E-state index contributed by atoms with van der Waals surface area (Å²) in [5.41, 5.74) is 1.67. The van der Waals surface area contributed by atoms with Gasteiger partial charge in [0, 0.05) is 55.2 Å². The first-order valence-electron chi connectivity index (χ1n) is 9.42. The largest absolute Gasteiger partial charge is 0.444 e. The zero-order valence-corrected chi connectivity index (χ0v) is 16.6. The molecule has 0 spiro atoms. The third-order valence-electron chi connectivity index (χ3n) is 4.39. The maximum atomic E-state index is 12.9. The third-order valence-corrected chi connectivity index (χ3v) is 4.39. The molecule has 1 aromatic carbocycles. The number of hydrogen-bond acceptors (Lipinski definition) is 4. The molecule has 2 amide bonds. The number of nitrogens with zero attached hydrogens (tertiary/aromatic N) is 2. The van der Waals surface area contributed by atoms with Gasteiger partial charge in [-0.15, -0.1) is 0 Å². The topological polar surface area (TPSA) is 76.0 Å². The van der Waals surface area contributed by atoms with Crippen LogP contribution < -0.4 is 15.2 Å². The number of amides is 2. The minimum Gasteiger partial charge on any atom is -0.444 e. The Morgan fingerprint density at radius 2 is 1.71 bits per heavy atom. The summed E-state index contributed by atoms with van der Waals surface area (Å²) < 4.78 is 5.26. The number of anilines is 2. The number of aromatic nitrogens is 1. The first-order valence-corrected chi connectivity index (χ1v) is 9.42. The number of nitrogens with one attached hydrogen (secondary N) is 2. The van der Waals surface area contributed by atoms with Gasteiger partial charge in [0.2, 0.25) is 0 Å². The molecule has 7 heteroatoms. The lowest BCUT2D eigenvalue weighted by molar-refractivity contribution is -0.377. The molecular weight excluding hydrogens is 356 g/mol. The number of pyridine rings is 1. The molecule has 1 fully saturated rings. The van der Waals surface area contributed by atoms with E-state index in [9.17, 15) is 9.59 Å². The zero-order valence-electron chi connectivity index (χ0n) is 16.6. The van der Waals surface area contributed by atoms with Gasteiger partial charge in [0.1, 0.15) is 5.60 Å². The molecule has 2 heterocycles. The smallest absolute Gasteiger partial charge is 0.412 e. The maximum Gasteiger partial charge on any atom is 0.412 e. The molecule has 1 saturated heterocycles. The Balaban J connectivity index is 1.60. The molecule has 1 aliphatic heterocycles. The van der Waals surface area contributed by atoms with Crippen molar-refractivity contribution in [2.45, 2.75) is 26.4 Å². The number of H-pyrrole nitrogens is 1. The van der Waals surface area contributed by atoms with Gasteiger partial charge in [-0.3, -0.25) is 10.1 Å². The Hall–Kier alpha value is -3.09. The second-order valence-corrected chi connectivity index (χ2v) is 7.75. The summed E-state index contributed by atoms with van der Waals surface area (Å²) in [7, 11) is 0. The van der Waals surface area contributed by atoms with Crippen LogP contribution >= 0.6 is 0 Å². The molecule has 3 rings (SSSR count). The first kappa shape index (κ1) is 19.7. The molecule has 2 N–H and O–H groups in total. The molecule has 0 atom stereocenters. The van der Waals surface area contributed by atoms with E-state index in [1.807, 2.05) is 29.4 Å². The lowest BCUT2D eigenvalue weighted by Crippen LogP contribution is -2.48. The molecule has 0 saturated carbocycles. The van der Waals surface area contributed by atoms with Gasteiger partial charge in [-0.05, 0) is 39.0 Å². The fourth-order valence-corrected chi connectivity index (χ4v) is 3.09. The molecule has 0 unspecified atom stereocenters. The van der Waals surface area contributed by atoms with Crippen LogP contribution in [0.15, 0.2) is 48.8 Å². The quantitative estimate of drug-likeness (QED) is 0.884. The molecular formula is C21H27N4O3+. The second kappa shape index (κ2) is 8.29. The highest BCUT2D eigenvalue weighted by atomic mass is 16.6. The summed E-state index contributed by atoms with van der Waals surface area (Å²) in [4.78, 5) is 31.9. The highest BCUT2D eigenvalue weighted by Crippen LogP contribution is 2.18. The molecule has 28 heavy (non-hydrogen) atoms. The summed E-state index contributed by atoms with van der Waals surface area (Å²) >= 11 is 0. The summed E-state index contributed by atoms with van der Waals surface area (Å²) in [5.74, 6) is -0.0334. The molecule has 0 aliphatic carbocycles. The number of aromatic amines is 1. The highest BCUT2D eigenvalue weighted by molar-refractivity contribution is 5.96. The van der Waals surface area contributed by atoms with Gasteiger partial charge in [-0.25, -0.2) is 9.78 Å². The van der Waals surface area contributed by atoms with Crippen molar-refractivity contribution in [3.63, 3.8) is 0 Å². The van der Waals surface area contributed by atoms with Crippen LogP contribution in [0.4, 0.5) is 16.2 Å².